The monoisotopic (exact) mass is 501 g/mol. The fourth-order valence-corrected chi connectivity index (χ4v) is 3.79. The van der Waals surface area contributed by atoms with Gasteiger partial charge < -0.3 is 15.5 Å². The third-order valence-corrected chi connectivity index (χ3v) is 6.04. The molecule has 2 atom stereocenters. The molecule has 0 bridgehead atoms. The highest BCUT2D eigenvalue weighted by Gasteiger charge is 2.19. The normalized spacial score (nSPS) is 14.2. The molecule has 0 aliphatic rings. The number of rotatable bonds is 24. The first-order valence-corrected chi connectivity index (χ1v) is 14.5. The molecule has 0 saturated heterocycles. The van der Waals surface area contributed by atoms with Gasteiger partial charge in [0.1, 0.15) is 0 Å². The summed E-state index contributed by atoms with van der Waals surface area (Å²) in [7, 11) is 0. The van der Waals surface area contributed by atoms with Crippen molar-refractivity contribution in [1.29, 1.82) is 0 Å². The van der Waals surface area contributed by atoms with Crippen molar-refractivity contribution in [3.05, 3.63) is 60.8 Å². The van der Waals surface area contributed by atoms with E-state index in [-0.39, 0.29) is 12.5 Å². The predicted octanol–water partition coefficient (Wildman–Crippen LogP) is 7.89. The van der Waals surface area contributed by atoms with Crippen LogP contribution in [0.3, 0.4) is 0 Å². The van der Waals surface area contributed by atoms with Crippen molar-refractivity contribution in [2.75, 3.05) is 6.61 Å². The van der Waals surface area contributed by atoms with Gasteiger partial charge >= 0.3 is 0 Å². The first-order valence-electron chi connectivity index (χ1n) is 14.5. The Kier molecular flexibility index (Phi) is 26.2. The van der Waals surface area contributed by atoms with Crippen LogP contribution in [0.4, 0.5) is 0 Å². The quantitative estimate of drug-likeness (QED) is 0.0930. The highest BCUT2D eigenvalue weighted by atomic mass is 16.3. The third-order valence-electron chi connectivity index (χ3n) is 6.04. The molecule has 0 heterocycles. The second-order valence-electron chi connectivity index (χ2n) is 9.43. The number of hydrogen-bond donors (Lipinski definition) is 3. The van der Waals surface area contributed by atoms with E-state index in [0.717, 1.165) is 70.6 Å². The molecule has 0 radical (unpaired) electrons. The molecule has 0 aromatic rings. The molecular weight excluding hydrogens is 446 g/mol. The summed E-state index contributed by atoms with van der Waals surface area (Å²) in [6.45, 7) is 4.11. The predicted molar refractivity (Wildman–Crippen MR) is 156 cm³/mol. The number of carbonyl (C=O) groups excluding carboxylic acids is 1. The van der Waals surface area contributed by atoms with Crippen LogP contribution in [0, 0.1) is 0 Å². The minimum atomic E-state index is -0.670. The first-order chi connectivity index (χ1) is 17.7. The molecule has 1 amide bonds. The summed E-state index contributed by atoms with van der Waals surface area (Å²) < 4.78 is 0. The average Bonchev–Trinajstić information content (AvgIpc) is 2.88. The molecule has 4 heteroatoms. The van der Waals surface area contributed by atoms with Crippen molar-refractivity contribution in [1.82, 2.24) is 5.32 Å². The number of hydrogen-bond acceptors (Lipinski definition) is 3. The second kappa shape index (κ2) is 27.7. The van der Waals surface area contributed by atoms with E-state index in [4.69, 9.17) is 0 Å². The Bertz CT molecular complexity index is 633. The molecule has 0 rings (SSSR count). The van der Waals surface area contributed by atoms with Crippen LogP contribution in [0.5, 0.6) is 0 Å². The van der Waals surface area contributed by atoms with E-state index in [1.165, 1.54) is 19.3 Å². The highest BCUT2D eigenvalue weighted by molar-refractivity contribution is 5.76. The Labute approximate surface area is 222 Å². The minimum absolute atomic E-state index is 0.0750. The Hall–Kier alpha value is -1.91. The molecule has 0 aliphatic carbocycles. The smallest absolute Gasteiger partial charge is 0.220 e. The molecule has 0 saturated carbocycles. The minimum Gasteiger partial charge on any atom is -0.394 e. The summed E-state index contributed by atoms with van der Waals surface area (Å²) in [5, 5.41) is 22.6. The maximum atomic E-state index is 12.1. The van der Waals surface area contributed by atoms with Crippen molar-refractivity contribution in [3.63, 3.8) is 0 Å². The zero-order chi connectivity index (χ0) is 26.5. The number of unbranched alkanes of at least 4 members (excludes halogenated alkanes) is 7. The van der Waals surface area contributed by atoms with Gasteiger partial charge in [0, 0.05) is 6.42 Å². The Morgan fingerprint density at radius 3 is 1.78 bits per heavy atom. The van der Waals surface area contributed by atoms with Gasteiger partial charge in [-0.05, 0) is 57.8 Å². The summed E-state index contributed by atoms with van der Waals surface area (Å²) in [6.07, 6.45) is 37.1. The fraction of sp³-hybridized carbons (Fsp3) is 0.656. The molecule has 4 nitrogen and oxygen atoms in total. The van der Waals surface area contributed by atoms with Crippen LogP contribution < -0.4 is 5.32 Å². The molecule has 206 valence electrons. The van der Waals surface area contributed by atoms with Gasteiger partial charge in [0.2, 0.25) is 5.91 Å². The SMILES string of the molecule is CC/C=C\C/C=C\C/C=C\C/C=C\C/C=C\CCCCCC(=O)NC(CO)C(O)CCCCCCC. The molecular formula is C32H55NO3. The van der Waals surface area contributed by atoms with E-state index in [9.17, 15) is 15.0 Å². The molecule has 3 N–H and O–H groups in total. The zero-order valence-corrected chi connectivity index (χ0v) is 23.3. The maximum Gasteiger partial charge on any atom is 0.220 e. The lowest BCUT2D eigenvalue weighted by atomic mass is 10.0. The van der Waals surface area contributed by atoms with Crippen molar-refractivity contribution in [2.24, 2.45) is 0 Å². The van der Waals surface area contributed by atoms with Crippen LogP contribution in [-0.4, -0.2) is 34.9 Å². The highest BCUT2D eigenvalue weighted by Crippen LogP contribution is 2.10. The summed E-state index contributed by atoms with van der Waals surface area (Å²) in [4.78, 5) is 12.1. The van der Waals surface area contributed by atoms with Gasteiger partial charge in [-0.3, -0.25) is 4.79 Å². The van der Waals surface area contributed by atoms with E-state index in [1.54, 1.807) is 0 Å². The molecule has 0 fully saturated rings. The number of carbonyl (C=O) groups is 1. The van der Waals surface area contributed by atoms with Gasteiger partial charge in [0.05, 0.1) is 18.8 Å². The van der Waals surface area contributed by atoms with Gasteiger partial charge in [-0.25, -0.2) is 0 Å². The van der Waals surface area contributed by atoms with Crippen LogP contribution in [-0.2, 0) is 4.79 Å². The number of allylic oxidation sites excluding steroid dienone is 10. The van der Waals surface area contributed by atoms with Gasteiger partial charge in [0.25, 0.3) is 0 Å². The van der Waals surface area contributed by atoms with Gasteiger partial charge in [0.15, 0.2) is 0 Å². The molecule has 2 unspecified atom stereocenters. The lowest BCUT2D eigenvalue weighted by Crippen LogP contribution is -2.45. The third kappa shape index (κ3) is 23.8. The Morgan fingerprint density at radius 2 is 1.22 bits per heavy atom. The van der Waals surface area contributed by atoms with E-state index in [1.807, 2.05) is 0 Å². The molecule has 0 aromatic heterocycles. The van der Waals surface area contributed by atoms with E-state index in [2.05, 4.69) is 79.9 Å². The number of aliphatic hydroxyl groups excluding tert-OH is 2. The van der Waals surface area contributed by atoms with Crippen molar-refractivity contribution in [2.45, 2.75) is 129 Å². The lowest BCUT2D eigenvalue weighted by molar-refractivity contribution is -0.123. The largest absolute Gasteiger partial charge is 0.394 e. The molecule has 36 heavy (non-hydrogen) atoms. The number of amides is 1. The van der Waals surface area contributed by atoms with Gasteiger partial charge in [-0.1, -0.05) is 113 Å². The van der Waals surface area contributed by atoms with Crippen molar-refractivity contribution >= 4 is 5.91 Å². The number of aliphatic hydroxyl groups is 2. The summed E-state index contributed by atoms with van der Waals surface area (Å²) in [5.74, 6) is -0.0750. The van der Waals surface area contributed by atoms with Crippen LogP contribution in [0.15, 0.2) is 60.8 Å². The zero-order valence-electron chi connectivity index (χ0n) is 23.3. The van der Waals surface area contributed by atoms with Crippen molar-refractivity contribution in [3.8, 4) is 0 Å². The van der Waals surface area contributed by atoms with E-state index < -0.39 is 12.1 Å². The average molecular weight is 502 g/mol. The van der Waals surface area contributed by atoms with Gasteiger partial charge in [-0.2, -0.15) is 0 Å². The standard InChI is InChI=1S/C32H55NO3/c1-3-5-7-9-10-11-12-13-14-15-16-17-18-19-20-21-22-24-26-28-32(36)33-30(29-34)31(35)27-25-23-8-6-4-2/h5,7,10-11,13-14,16-17,19-20,30-31,34-35H,3-4,6,8-9,12,15,18,21-29H2,1-2H3,(H,33,36)/b7-5-,11-10-,14-13-,17-16-,20-19-. The second-order valence-corrected chi connectivity index (χ2v) is 9.43. The molecule has 0 spiro atoms. The summed E-state index contributed by atoms with van der Waals surface area (Å²) in [5.41, 5.74) is 0. The van der Waals surface area contributed by atoms with Crippen LogP contribution in [0.2, 0.25) is 0 Å². The first kappa shape index (κ1) is 34.1. The number of nitrogens with one attached hydrogen (secondary N) is 1. The van der Waals surface area contributed by atoms with Crippen LogP contribution >= 0.6 is 0 Å². The van der Waals surface area contributed by atoms with E-state index in [0.29, 0.717) is 12.8 Å². The Morgan fingerprint density at radius 1 is 0.694 bits per heavy atom. The molecule has 0 aliphatic heterocycles. The van der Waals surface area contributed by atoms with Crippen molar-refractivity contribution < 1.29 is 15.0 Å². The summed E-state index contributed by atoms with van der Waals surface area (Å²) >= 11 is 0. The van der Waals surface area contributed by atoms with Crippen LogP contribution in [0.25, 0.3) is 0 Å². The Balaban J connectivity index is 3.72. The topological polar surface area (TPSA) is 69.6 Å². The van der Waals surface area contributed by atoms with Gasteiger partial charge in [-0.15, -0.1) is 0 Å². The maximum absolute atomic E-state index is 12.1. The lowest BCUT2D eigenvalue weighted by Gasteiger charge is -2.22. The summed E-state index contributed by atoms with van der Waals surface area (Å²) in [6, 6.07) is -0.551. The van der Waals surface area contributed by atoms with E-state index >= 15 is 0 Å². The molecule has 0 aromatic carbocycles. The van der Waals surface area contributed by atoms with Crippen LogP contribution in [0.1, 0.15) is 117 Å². The fourth-order valence-electron chi connectivity index (χ4n) is 3.79.